The second-order valence-electron chi connectivity index (χ2n) is 6.81. The van der Waals surface area contributed by atoms with E-state index in [0.29, 0.717) is 37.6 Å². The number of amides is 2. The van der Waals surface area contributed by atoms with Crippen LogP contribution in [0.2, 0.25) is 0 Å². The molecule has 2 aromatic rings. The fourth-order valence-electron chi connectivity index (χ4n) is 3.38. The number of nitrogens with zero attached hydrogens (tertiary/aromatic N) is 5. The Kier molecular flexibility index (Phi) is 6.76. The van der Waals surface area contributed by atoms with Crippen molar-refractivity contribution in [3.63, 3.8) is 0 Å². The Balaban J connectivity index is 1.59. The van der Waals surface area contributed by atoms with Crippen LogP contribution in [0.1, 0.15) is 30.8 Å². The van der Waals surface area contributed by atoms with Crippen LogP contribution in [0.4, 0.5) is 0 Å². The highest BCUT2D eigenvalue weighted by atomic mass is 16.5. The summed E-state index contributed by atoms with van der Waals surface area (Å²) < 4.78 is 5.32. The Morgan fingerprint density at radius 3 is 2.71 bits per heavy atom. The smallest absolute Gasteiger partial charge is 0.276 e. The monoisotopic (exact) mass is 385 g/mol. The third kappa shape index (κ3) is 4.75. The van der Waals surface area contributed by atoms with Gasteiger partial charge in [-0.1, -0.05) is 5.16 Å². The van der Waals surface area contributed by atoms with Crippen LogP contribution in [0, 0.1) is 0 Å². The number of pyridine rings is 1. The fourth-order valence-corrected chi connectivity index (χ4v) is 3.38. The molecule has 8 heteroatoms. The molecule has 1 saturated heterocycles. The van der Waals surface area contributed by atoms with Crippen LogP contribution in [-0.2, 0) is 4.79 Å². The molecule has 3 rings (SSSR count). The molecule has 2 amide bonds. The maximum absolute atomic E-state index is 12.8. The second-order valence-corrected chi connectivity index (χ2v) is 6.81. The van der Waals surface area contributed by atoms with Gasteiger partial charge in [0.15, 0.2) is 11.5 Å². The molecule has 2 aromatic heterocycles. The highest BCUT2D eigenvalue weighted by molar-refractivity contribution is 5.93. The van der Waals surface area contributed by atoms with Crippen LogP contribution < -0.4 is 0 Å². The van der Waals surface area contributed by atoms with Gasteiger partial charge in [0.1, 0.15) is 0 Å². The van der Waals surface area contributed by atoms with Gasteiger partial charge in [0.2, 0.25) is 5.91 Å². The number of rotatable bonds is 6. The molecular formula is C20H27N5O3. The lowest BCUT2D eigenvalue weighted by molar-refractivity contribution is -0.132. The van der Waals surface area contributed by atoms with Crippen molar-refractivity contribution in [1.82, 2.24) is 24.8 Å². The predicted molar refractivity (Wildman–Crippen MR) is 105 cm³/mol. The molecule has 0 radical (unpaired) electrons. The summed E-state index contributed by atoms with van der Waals surface area (Å²) in [4.78, 5) is 35.0. The van der Waals surface area contributed by atoms with E-state index < -0.39 is 0 Å². The average Bonchev–Trinajstić information content (AvgIpc) is 3.10. The van der Waals surface area contributed by atoms with Gasteiger partial charge < -0.3 is 14.3 Å². The Labute approximate surface area is 165 Å². The van der Waals surface area contributed by atoms with Gasteiger partial charge in [-0.2, -0.15) is 0 Å². The van der Waals surface area contributed by atoms with Crippen LogP contribution in [0.5, 0.6) is 0 Å². The van der Waals surface area contributed by atoms with Gasteiger partial charge in [0, 0.05) is 63.3 Å². The van der Waals surface area contributed by atoms with Crippen molar-refractivity contribution in [1.29, 1.82) is 0 Å². The molecule has 0 saturated carbocycles. The first-order valence-corrected chi connectivity index (χ1v) is 9.78. The fraction of sp³-hybridized carbons (Fsp3) is 0.500. The molecule has 150 valence electrons. The van der Waals surface area contributed by atoms with E-state index in [1.807, 2.05) is 30.9 Å². The van der Waals surface area contributed by atoms with Gasteiger partial charge in [0.25, 0.3) is 5.91 Å². The SMILES string of the molecule is CCN(CC)C(=O)CN1CCCN(C(=O)c2cc(-c3cccnc3)on2)CC1. The number of aromatic nitrogens is 2. The minimum atomic E-state index is -0.143. The van der Waals surface area contributed by atoms with E-state index in [0.717, 1.165) is 31.6 Å². The maximum Gasteiger partial charge on any atom is 0.276 e. The zero-order chi connectivity index (χ0) is 19.9. The van der Waals surface area contributed by atoms with Gasteiger partial charge in [-0.15, -0.1) is 0 Å². The van der Waals surface area contributed by atoms with Crippen molar-refractivity contribution in [3.8, 4) is 11.3 Å². The third-order valence-electron chi connectivity index (χ3n) is 5.03. The molecule has 0 atom stereocenters. The van der Waals surface area contributed by atoms with Crippen LogP contribution in [0.3, 0.4) is 0 Å². The highest BCUT2D eigenvalue weighted by Gasteiger charge is 2.24. The molecule has 1 fully saturated rings. The number of carbonyl (C=O) groups is 2. The van der Waals surface area contributed by atoms with Gasteiger partial charge in [-0.05, 0) is 32.4 Å². The zero-order valence-corrected chi connectivity index (χ0v) is 16.5. The normalized spacial score (nSPS) is 15.3. The maximum atomic E-state index is 12.8. The Hall–Kier alpha value is -2.74. The second kappa shape index (κ2) is 9.45. The molecule has 28 heavy (non-hydrogen) atoms. The number of carbonyl (C=O) groups excluding carboxylic acids is 2. The lowest BCUT2D eigenvalue weighted by atomic mass is 10.2. The van der Waals surface area contributed by atoms with E-state index in [-0.39, 0.29) is 11.8 Å². The minimum Gasteiger partial charge on any atom is -0.355 e. The third-order valence-corrected chi connectivity index (χ3v) is 5.03. The Bertz CT molecular complexity index is 788. The van der Waals surface area contributed by atoms with E-state index in [4.69, 9.17) is 4.52 Å². The topological polar surface area (TPSA) is 82.8 Å². The summed E-state index contributed by atoms with van der Waals surface area (Å²) in [6, 6.07) is 5.33. The molecule has 0 aliphatic carbocycles. The van der Waals surface area contributed by atoms with Crippen LogP contribution >= 0.6 is 0 Å². The van der Waals surface area contributed by atoms with E-state index in [1.165, 1.54) is 0 Å². The largest absolute Gasteiger partial charge is 0.355 e. The predicted octanol–water partition coefficient (Wildman–Crippen LogP) is 1.75. The number of hydrogen-bond acceptors (Lipinski definition) is 6. The summed E-state index contributed by atoms with van der Waals surface area (Å²) in [7, 11) is 0. The first kappa shape index (κ1) is 20.0. The first-order chi connectivity index (χ1) is 13.6. The van der Waals surface area contributed by atoms with Crippen LogP contribution in [-0.4, -0.2) is 82.5 Å². The molecule has 8 nitrogen and oxygen atoms in total. The van der Waals surface area contributed by atoms with Crippen molar-refractivity contribution in [2.75, 3.05) is 45.8 Å². The van der Waals surface area contributed by atoms with Crippen molar-refractivity contribution >= 4 is 11.8 Å². The molecule has 0 bridgehead atoms. The van der Waals surface area contributed by atoms with Crippen LogP contribution in [0.15, 0.2) is 35.1 Å². The van der Waals surface area contributed by atoms with E-state index in [2.05, 4.69) is 15.0 Å². The zero-order valence-electron chi connectivity index (χ0n) is 16.5. The first-order valence-electron chi connectivity index (χ1n) is 9.78. The summed E-state index contributed by atoms with van der Waals surface area (Å²) in [5.74, 6) is 0.524. The Morgan fingerprint density at radius 2 is 2.00 bits per heavy atom. The quantitative estimate of drug-likeness (QED) is 0.753. The molecule has 0 aromatic carbocycles. The summed E-state index contributed by atoms with van der Waals surface area (Å²) >= 11 is 0. The van der Waals surface area contributed by atoms with Gasteiger partial charge in [-0.25, -0.2) is 0 Å². The van der Waals surface area contributed by atoms with E-state index in [9.17, 15) is 9.59 Å². The molecule has 1 aliphatic rings. The number of likely N-dealkylation sites (N-methyl/N-ethyl adjacent to an activating group) is 1. The Morgan fingerprint density at radius 1 is 1.18 bits per heavy atom. The highest BCUT2D eigenvalue weighted by Crippen LogP contribution is 2.20. The van der Waals surface area contributed by atoms with Crippen molar-refractivity contribution in [2.24, 2.45) is 0 Å². The van der Waals surface area contributed by atoms with Gasteiger partial charge >= 0.3 is 0 Å². The van der Waals surface area contributed by atoms with Crippen LogP contribution in [0.25, 0.3) is 11.3 Å². The summed E-state index contributed by atoms with van der Waals surface area (Å²) in [5, 5.41) is 3.94. The van der Waals surface area contributed by atoms with Crippen molar-refractivity contribution < 1.29 is 14.1 Å². The minimum absolute atomic E-state index is 0.141. The summed E-state index contributed by atoms with van der Waals surface area (Å²) in [5.41, 5.74) is 1.08. The molecule has 0 spiro atoms. The number of hydrogen-bond donors (Lipinski definition) is 0. The molecule has 0 unspecified atom stereocenters. The van der Waals surface area contributed by atoms with Crippen molar-refractivity contribution in [2.45, 2.75) is 20.3 Å². The van der Waals surface area contributed by atoms with E-state index in [1.54, 1.807) is 23.4 Å². The standard InChI is InChI=1S/C20H27N5O3/c1-3-24(4-2)19(26)15-23-9-6-10-25(12-11-23)20(27)17-13-18(28-22-17)16-7-5-8-21-14-16/h5,7-8,13-14H,3-4,6,9-12,15H2,1-2H3. The average molecular weight is 385 g/mol. The molecular weight excluding hydrogens is 358 g/mol. The summed E-state index contributed by atoms with van der Waals surface area (Å²) in [6.07, 6.45) is 4.18. The lowest BCUT2D eigenvalue weighted by Gasteiger charge is -2.25. The van der Waals surface area contributed by atoms with E-state index >= 15 is 0 Å². The molecule has 1 aliphatic heterocycles. The van der Waals surface area contributed by atoms with Gasteiger partial charge in [-0.3, -0.25) is 19.5 Å². The van der Waals surface area contributed by atoms with Gasteiger partial charge in [0.05, 0.1) is 6.54 Å². The molecule has 0 N–H and O–H groups in total. The lowest BCUT2D eigenvalue weighted by Crippen LogP contribution is -2.42. The van der Waals surface area contributed by atoms with Crippen molar-refractivity contribution in [3.05, 3.63) is 36.3 Å². The molecule has 3 heterocycles. The summed E-state index contributed by atoms with van der Waals surface area (Å²) in [6.45, 7) is 8.51.